The molecule has 1 aromatic heterocycles. The fourth-order valence-electron chi connectivity index (χ4n) is 8.04. The Hall–Kier alpha value is -6.64. The van der Waals surface area contributed by atoms with Gasteiger partial charge >= 0.3 is 18.2 Å². The second-order valence-electron chi connectivity index (χ2n) is 15.6. The second-order valence-corrected chi connectivity index (χ2v) is 16.0. The van der Waals surface area contributed by atoms with E-state index in [2.05, 4.69) is 17.4 Å². The van der Waals surface area contributed by atoms with Gasteiger partial charge in [-0.05, 0) is 60.7 Å². The Morgan fingerprint density at radius 1 is 0.678 bits per heavy atom. The van der Waals surface area contributed by atoms with E-state index in [9.17, 15) is 9.59 Å². The van der Waals surface area contributed by atoms with Gasteiger partial charge in [-0.3, -0.25) is 4.57 Å². The van der Waals surface area contributed by atoms with E-state index in [-0.39, 0.29) is 18.9 Å². The van der Waals surface area contributed by atoms with Gasteiger partial charge in [0.2, 0.25) is 0 Å². The van der Waals surface area contributed by atoms with Crippen LogP contribution in [-0.2, 0) is 31.0 Å². The number of esters is 1. The van der Waals surface area contributed by atoms with Gasteiger partial charge < -0.3 is 19.5 Å². The molecule has 0 bridgehead atoms. The van der Waals surface area contributed by atoms with E-state index in [0.29, 0.717) is 38.2 Å². The number of nitrogens with zero attached hydrogens (tertiary/aromatic N) is 1. The standard InChI is InChI=1S/C50H43ClN2O6/c1-49(2,3)59-48(56)53-31-33(36-22-14-17-29-45(36)53)30-44(52-47(55)57-32-41-39-25-12-10-23-37(39)38-24-11-13-26-40(38)41)46(54)58-50(34-18-6-4-7-19-34,35-20-8-5-9-21-35)42-27-15-16-28-43(42)51/h4-29,31,41,44H,30,32H2,1-3H3,(H,52,55)/t44-/m0/s1. The minimum absolute atomic E-state index is 0.0389. The van der Waals surface area contributed by atoms with Crippen molar-refractivity contribution in [1.29, 1.82) is 0 Å². The Morgan fingerprint density at radius 3 is 1.83 bits per heavy atom. The fraction of sp³-hybridized carbons (Fsp3) is 0.180. The molecule has 1 aliphatic rings. The Bertz CT molecular complexity index is 2570. The lowest BCUT2D eigenvalue weighted by molar-refractivity contribution is -0.156. The predicted octanol–water partition coefficient (Wildman–Crippen LogP) is 11.1. The van der Waals surface area contributed by atoms with Crippen LogP contribution in [-0.4, -0.2) is 41.0 Å². The zero-order valence-electron chi connectivity index (χ0n) is 32.9. The van der Waals surface area contributed by atoms with Crippen molar-refractivity contribution in [3.05, 3.63) is 202 Å². The average molecular weight is 803 g/mol. The van der Waals surface area contributed by atoms with Gasteiger partial charge in [0.05, 0.1) is 5.52 Å². The second kappa shape index (κ2) is 16.3. The number of alkyl carbamates (subject to hydrolysis) is 1. The Kier molecular flexibility index (Phi) is 10.8. The van der Waals surface area contributed by atoms with Gasteiger partial charge in [-0.15, -0.1) is 0 Å². The summed E-state index contributed by atoms with van der Waals surface area (Å²) in [7, 11) is 0. The van der Waals surface area contributed by atoms with E-state index < -0.39 is 35.4 Å². The molecule has 9 heteroatoms. The highest BCUT2D eigenvalue weighted by atomic mass is 35.5. The normalized spacial score (nSPS) is 12.9. The molecule has 0 fully saturated rings. The topological polar surface area (TPSA) is 95.9 Å². The Morgan fingerprint density at radius 2 is 1.22 bits per heavy atom. The molecule has 0 aliphatic heterocycles. The number of para-hydroxylation sites is 1. The summed E-state index contributed by atoms with van der Waals surface area (Å²) in [4.78, 5) is 42.7. The summed E-state index contributed by atoms with van der Waals surface area (Å²) in [6, 6.07) is 48.2. The average Bonchev–Trinajstić information content (AvgIpc) is 3.77. The van der Waals surface area contributed by atoms with Crippen molar-refractivity contribution in [2.75, 3.05) is 6.61 Å². The molecule has 6 aromatic carbocycles. The summed E-state index contributed by atoms with van der Waals surface area (Å²) in [6.45, 7) is 5.43. The smallest absolute Gasteiger partial charge is 0.419 e. The number of hydrogen-bond acceptors (Lipinski definition) is 6. The van der Waals surface area contributed by atoms with Crippen LogP contribution in [0.1, 0.15) is 60.1 Å². The first kappa shape index (κ1) is 39.2. The Labute approximate surface area is 348 Å². The highest BCUT2D eigenvalue weighted by Gasteiger charge is 2.44. The lowest BCUT2D eigenvalue weighted by atomic mass is 9.80. The van der Waals surface area contributed by atoms with E-state index in [1.165, 1.54) is 4.57 Å². The quantitative estimate of drug-likeness (QED) is 0.0840. The zero-order valence-corrected chi connectivity index (χ0v) is 33.7. The molecular formula is C50H43ClN2O6. The van der Waals surface area contributed by atoms with Crippen LogP contribution in [0.4, 0.5) is 9.59 Å². The summed E-state index contributed by atoms with van der Waals surface area (Å²) < 4.78 is 20.0. The van der Waals surface area contributed by atoms with Crippen LogP contribution in [0.15, 0.2) is 164 Å². The minimum atomic E-state index is -1.54. The highest BCUT2D eigenvalue weighted by molar-refractivity contribution is 6.31. The maximum Gasteiger partial charge on any atom is 0.419 e. The first-order chi connectivity index (χ1) is 28.5. The van der Waals surface area contributed by atoms with E-state index in [1.54, 1.807) is 33.0 Å². The molecule has 0 saturated heterocycles. The number of benzene rings is 6. The number of fused-ring (bicyclic) bond motifs is 4. The summed E-state index contributed by atoms with van der Waals surface area (Å²) in [6.07, 6.45) is 0.220. The van der Waals surface area contributed by atoms with Crippen molar-refractivity contribution < 1.29 is 28.6 Å². The zero-order chi connectivity index (χ0) is 41.1. The molecule has 8 nitrogen and oxygen atoms in total. The van der Waals surface area contributed by atoms with Crippen molar-refractivity contribution in [2.45, 2.75) is 50.4 Å². The third kappa shape index (κ3) is 7.84. The summed E-state index contributed by atoms with van der Waals surface area (Å²) >= 11 is 6.98. The third-order valence-corrected chi connectivity index (χ3v) is 10.9. The molecule has 1 aliphatic carbocycles. The first-order valence-electron chi connectivity index (χ1n) is 19.6. The van der Waals surface area contributed by atoms with Crippen LogP contribution in [0, 0.1) is 0 Å². The van der Waals surface area contributed by atoms with Crippen LogP contribution in [0.3, 0.4) is 0 Å². The van der Waals surface area contributed by atoms with E-state index >= 15 is 4.79 Å². The number of nitrogens with one attached hydrogen (secondary N) is 1. The van der Waals surface area contributed by atoms with E-state index in [1.807, 2.05) is 140 Å². The van der Waals surface area contributed by atoms with Crippen LogP contribution in [0.25, 0.3) is 22.0 Å². The van der Waals surface area contributed by atoms with E-state index in [0.717, 1.165) is 22.3 Å². The molecular weight excluding hydrogens is 760 g/mol. The number of carbonyl (C=O) groups is 3. The maximum atomic E-state index is 15.1. The van der Waals surface area contributed by atoms with E-state index in [4.69, 9.17) is 25.8 Å². The summed E-state index contributed by atoms with van der Waals surface area (Å²) in [5, 5.41) is 3.96. The number of halogens is 1. The number of amides is 1. The monoisotopic (exact) mass is 802 g/mol. The van der Waals surface area contributed by atoms with Crippen LogP contribution in [0.5, 0.6) is 0 Å². The van der Waals surface area contributed by atoms with Crippen molar-refractivity contribution in [3.8, 4) is 11.1 Å². The molecule has 1 heterocycles. The van der Waals surface area contributed by atoms with Gasteiger partial charge in [-0.1, -0.05) is 157 Å². The molecule has 0 spiro atoms. The lowest BCUT2D eigenvalue weighted by Gasteiger charge is -2.37. The molecule has 1 amide bonds. The van der Waals surface area contributed by atoms with Gasteiger partial charge in [0, 0.05) is 45.6 Å². The van der Waals surface area contributed by atoms with Crippen LogP contribution < -0.4 is 5.32 Å². The predicted molar refractivity (Wildman–Crippen MR) is 230 cm³/mol. The molecule has 0 radical (unpaired) electrons. The minimum Gasteiger partial charge on any atom is -0.449 e. The van der Waals surface area contributed by atoms with Crippen molar-refractivity contribution in [2.24, 2.45) is 0 Å². The van der Waals surface area contributed by atoms with Gasteiger partial charge in [-0.25, -0.2) is 14.4 Å². The van der Waals surface area contributed by atoms with Crippen molar-refractivity contribution >= 4 is 40.7 Å². The van der Waals surface area contributed by atoms with Gasteiger partial charge in [0.25, 0.3) is 0 Å². The number of hydrogen-bond donors (Lipinski definition) is 1. The molecule has 1 atom stereocenters. The molecule has 0 unspecified atom stereocenters. The molecule has 296 valence electrons. The summed E-state index contributed by atoms with van der Waals surface area (Å²) in [5.74, 6) is -0.949. The highest BCUT2D eigenvalue weighted by Crippen LogP contribution is 2.45. The van der Waals surface area contributed by atoms with Crippen molar-refractivity contribution in [1.82, 2.24) is 9.88 Å². The third-order valence-electron chi connectivity index (χ3n) is 10.6. The lowest BCUT2D eigenvalue weighted by Crippen LogP contribution is -2.47. The largest absolute Gasteiger partial charge is 0.449 e. The SMILES string of the molecule is CC(C)(C)OC(=O)n1cc(C[C@H](NC(=O)OCC2c3ccccc3-c3ccccc32)C(=O)OC(c2ccccc2)(c2ccccc2)c2ccccc2Cl)c2ccccc21. The van der Waals surface area contributed by atoms with Gasteiger partial charge in [-0.2, -0.15) is 0 Å². The number of aromatic nitrogens is 1. The number of rotatable bonds is 10. The summed E-state index contributed by atoms with van der Waals surface area (Å²) in [5.41, 5.74) is 5.04. The molecule has 7 aromatic rings. The molecule has 1 N–H and O–H groups in total. The van der Waals surface area contributed by atoms with Gasteiger partial charge in [0.15, 0.2) is 5.60 Å². The molecule has 59 heavy (non-hydrogen) atoms. The first-order valence-corrected chi connectivity index (χ1v) is 19.9. The van der Waals surface area contributed by atoms with Gasteiger partial charge in [0.1, 0.15) is 18.2 Å². The Balaban J connectivity index is 1.18. The number of ether oxygens (including phenoxy) is 3. The fourth-order valence-corrected chi connectivity index (χ4v) is 8.30. The van der Waals surface area contributed by atoms with Crippen LogP contribution in [0.2, 0.25) is 5.02 Å². The maximum absolute atomic E-state index is 15.1. The molecule has 0 saturated carbocycles. The van der Waals surface area contributed by atoms with Crippen LogP contribution >= 0.6 is 11.6 Å². The molecule has 8 rings (SSSR count). The number of carbonyl (C=O) groups excluding carboxylic acids is 3. The van der Waals surface area contributed by atoms with Crippen molar-refractivity contribution in [3.63, 3.8) is 0 Å².